The van der Waals surface area contributed by atoms with Crippen LogP contribution in [0.5, 0.6) is 0 Å². The van der Waals surface area contributed by atoms with Crippen LogP contribution in [-0.4, -0.2) is 16.1 Å². The number of anilines is 1. The number of halogens is 1. The van der Waals surface area contributed by atoms with E-state index in [1.807, 2.05) is 26.0 Å². The Kier molecular flexibility index (Phi) is 4.39. The van der Waals surface area contributed by atoms with Crippen molar-refractivity contribution in [1.29, 1.82) is 0 Å². The van der Waals surface area contributed by atoms with Gasteiger partial charge in [-0.1, -0.05) is 42.7 Å². The molecular weight excluding hydrogens is 278 g/mol. The van der Waals surface area contributed by atoms with Gasteiger partial charge in [0.1, 0.15) is 0 Å². The van der Waals surface area contributed by atoms with E-state index in [9.17, 15) is 4.79 Å². The van der Waals surface area contributed by atoms with Gasteiger partial charge < -0.3 is 4.42 Å². The van der Waals surface area contributed by atoms with Gasteiger partial charge in [-0.2, -0.15) is 0 Å². The molecule has 0 spiro atoms. The number of hydrogen-bond donors (Lipinski definition) is 1. The van der Waals surface area contributed by atoms with Crippen LogP contribution in [0.3, 0.4) is 0 Å². The zero-order valence-electron chi connectivity index (χ0n) is 11.6. The van der Waals surface area contributed by atoms with Crippen LogP contribution in [0.2, 0.25) is 5.02 Å². The topological polar surface area (TPSA) is 68.0 Å². The lowest BCUT2D eigenvalue weighted by Crippen LogP contribution is -2.25. The second-order valence-electron chi connectivity index (χ2n) is 4.89. The summed E-state index contributed by atoms with van der Waals surface area (Å²) < 4.78 is 5.16. The van der Waals surface area contributed by atoms with Crippen LogP contribution in [0.4, 0.5) is 6.01 Å². The van der Waals surface area contributed by atoms with Gasteiger partial charge in [0.2, 0.25) is 11.8 Å². The van der Waals surface area contributed by atoms with Crippen LogP contribution >= 0.6 is 11.6 Å². The molecule has 0 saturated carbocycles. The predicted octanol–water partition coefficient (Wildman–Crippen LogP) is 3.41. The number of nitrogens with zero attached hydrogens (tertiary/aromatic N) is 2. The maximum Gasteiger partial charge on any atom is 0.322 e. The zero-order valence-corrected chi connectivity index (χ0v) is 12.3. The first-order valence-electron chi connectivity index (χ1n) is 6.34. The molecule has 0 aliphatic carbocycles. The summed E-state index contributed by atoms with van der Waals surface area (Å²) in [6.45, 7) is 5.64. The van der Waals surface area contributed by atoms with Gasteiger partial charge in [0.05, 0.1) is 5.92 Å². The van der Waals surface area contributed by atoms with Gasteiger partial charge >= 0.3 is 6.01 Å². The molecule has 0 saturated heterocycles. The molecule has 5 nitrogen and oxygen atoms in total. The number of rotatable bonds is 4. The number of hydrogen-bond acceptors (Lipinski definition) is 4. The smallest absolute Gasteiger partial charge is 0.322 e. The molecule has 2 rings (SSSR count). The van der Waals surface area contributed by atoms with Crippen molar-refractivity contribution < 1.29 is 9.21 Å². The summed E-state index contributed by atoms with van der Waals surface area (Å²) in [7, 11) is 0. The molecular formula is C14H16ClN3O2. The number of aryl methyl sites for hydroxylation is 1. The average Bonchev–Trinajstić information content (AvgIpc) is 2.77. The second kappa shape index (κ2) is 6.05. The lowest BCUT2D eigenvalue weighted by molar-refractivity contribution is -0.118. The molecule has 20 heavy (non-hydrogen) atoms. The fourth-order valence-corrected chi connectivity index (χ4v) is 2.17. The van der Waals surface area contributed by atoms with E-state index in [2.05, 4.69) is 15.5 Å². The molecule has 6 heteroatoms. The lowest BCUT2D eigenvalue weighted by Gasteiger charge is -2.19. The summed E-state index contributed by atoms with van der Waals surface area (Å²) in [5.74, 6) is 0.0542. The number of carbonyl (C=O) groups excluding carboxylic acids is 1. The van der Waals surface area contributed by atoms with Gasteiger partial charge in [0.15, 0.2) is 0 Å². The molecule has 1 atom stereocenters. The molecule has 0 fully saturated rings. The maximum absolute atomic E-state index is 12.4. The van der Waals surface area contributed by atoms with Gasteiger partial charge in [0.25, 0.3) is 0 Å². The molecule has 1 N–H and O–H groups in total. The van der Waals surface area contributed by atoms with Crippen molar-refractivity contribution >= 4 is 23.5 Å². The molecule has 0 radical (unpaired) electrons. The molecule has 1 amide bonds. The van der Waals surface area contributed by atoms with Gasteiger partial charge in [-0.05, 0) is 23.6 Å². The Morgan fingerprint density at radius 3 is 2.40 bits per heavy atom. The third-order valence-corrected chi connectivity index (χ3v) is 3.19. The summed E-state index contributed by atoms with van der Waals surface area (Å²) in [5, 5.41) is 10.7. The minimum absolute atomic E-state index is 0.118. The quantitative estimate of drug-likeness (QED) is 0.938. The van der Waals surface area contributed by atoms with Crippen molar-refractivity contribution in [3.8, 4) is 0 Å². The molecule has 1 heterocycles. The van der Waals surface area contributed by atoms with Crippen LogP contribution in [0.1, 0.15) is 31.2 Å². The summed E-state index contributed by atoms with van der Waals surface area (Å²) in [4.78, 5) is 12.4. The van der Waals surface area contributed by atoms with E-state index in [-0.39, 0.29) is 23.8 Å². The number of carbonyl (C=O) groups is 1. The maximum atomic E-state index is 12.4. The summed E-state index contributed by atoms with van der Waals surface area (Å²) in [5.41, 5.74) is 0.901. The van der Waals surface area contributed by atoms with Crippen molar-refractivity contribution in [1.82, 2.24) is 10.2 Å². The normalized spacial score (nSPS) is 12.4. The minimum atomic E-state index is -0.306. The Bertz CT molecular complexity index is 593. The number of aromatic nitrogens is 2. The van der Waals surface area contributed by atoms with E-state index in [0.29, 0.717) is 10.9 Å². The monoisotopic (exact) mass is 293 g/mol. The number of benzene rings is 1. The highest BCUT2D eigenvalue weighted by atomic mass is 35.5. The van der Waals surface area contributed by atoms with Gasteiger partial charge in [-0.3, -0.25) is 10.1 Å². The highest BCUT2D eigenvalue weighted by Crippen LogP contribution is 2.27. The Labute approximate surface area is 122 Å². The third kappa shape index (κ3) is 3.36. The lowest BCUT2D eigenvalue weighted by atomic mass is 9.88. The Balaban J connectivity index is 2.20. The third-order valence-electron chi connectivity index (χ3n) is 2.93. The van der Waals surface area contributed by atoms with Gasteiger partial charge in [0, 0.05) is 11.9 Å². The van der Waals surface area contributed by atoms with Crippen molar-refractivity contribution in [2.75, 3.05) is 5.32 Å². The molecule has 2 aromatic rings. The Morgan fingerprint density at radius 2 is 1.90 bits per heavy atom. The summed E-state index contributed by atoms with van der Waals surface area (Å²) in [6, 6.07) is 7.37. The van der Waals surface area contributed by atoms with Crippen molar-refractivity contribution in [2.24, 2.45) is 5.92 Å². The van der Waals surface area contributed by atoms with Gasteiger partial charge in [-0.25, -0.2) is 0 Å². The van der Waals surface area contributed by atoms with Crippen LogP contribution in [0.15, 0.2) is 28.7 Å². The molecule has 1 unspecified atom stereocenters. The van der Waals surface area contributed by atoms with Crippen LogP contribution in [0.25, 0.3) is 0 Å². The highest BCUT2D eigenvalue weighted by Gasteiger charge is 2.25. The first-order valence-corrected chi connectivity index (χ1v) is 6.71. The highest BCUT2D eigenvalue weighted by molar-refractivity contribution is 6.30. The molecule has 0 aliphatic heterocycles. The molecule has 0 aliphatic rings. The standard InChI is InChI=1S/C14H16ClN3O2/c1-8(2)12(10-4-6-11(15)7-5-10)13(19)16-14-18-17-9(3)20-14/h4-8,12H,1-3H3,(H,16,18,19). The fraction of sp³-hybridized carbons (Fsp3) is 0.357. The molecule has 0 bridgehead atoms. The number of amides is 1. The largest absolute Gasteiger partial charge is 0.408 e. The average molecular weight is 294 g/mol. The Hall–Kier alpha value is -1.88. The minimum Gasteiger partial charge on any atom is -0.408 e. The van der Waals surface area contributed by atoms with Crippen LogP contribution < -0.4 is 5.32 Å². The van der Waals surface area contributed by atoms with E-state index in [1.54, 1.807) is 19.1 Å². The first kappa shape index (κ1) is 14.5. The van der Waals surface area contributed by atoms with Crippen molar-refractivity contribution in [3.05, 3.63) is 40.7 Å². The molecule has 1 aromatic carbocycles. The van der Waals surface area contributed by atoms with E-state index in [4.69, 9.17) is 16.0 Å². The first-order chi connectivity index (χ1) is 9.47. The SMILES string of the molecule is Cc1nnc(NC(=O)C(c2ccc(Cl)cc2)C(C)C)o1. The van der Waals surface area contributed by atoms with Gasteiger partial charge in [-0.15, -0.1) is 5.10 Å². The predicted molar refractivity (Wildman–Crippen MR) is 76.7 cm³/mol. The Morgan fingerprint density at radius 1 is 1.25 bits per heavy atom. The van der Waals surface area contributed by atoms with E-state index in [1.165, 1.54) is 0 Å². The van der Waals surface area contributed by atoms with E-state index < -0.39 is 0 Å². The second-order valence-corrected chi connectivity index (χ2v) is 5.33. The summed E-state index contributed by atoms with van der Waals surface area (Å²) in [6.07, 6.45) is 0. The van der Waals surface area contributed by atoms with Crippen molar-refractivity contribution in [2.45, 2.75) is 26.7 Å². The van der Waals surface area contributed by atoms with Crippen LogP contribution in [-0.2, 0) is 4.79 Å². The summed E-state index contributed by atoms with van der Waals surface area (Å²) >= 11 is 5.87. The number of nitrogens with one attached hydrogen (secondary N) is 1. The van der Waals surface area contributed by atoms with Crippen molar-refractivity contribution in [3.63, 3.8) is 0 Å². The van der Waals surface area contributed by atoms with E-state index in [0.717, 1.165) is 5.56 Å². The molecule has 106 valence electrons. The molecule has 1 aromatic heterocycles. The van der Waals surface area contributed by atoms with E-state index >= 15 is 0 Å². The zero-order chi connectivity index (χ0) is 14.7. The fourth-order valence-electron chi connectivity index (χ4n) is 2.04. The van der Waals surface area contributed by atoms with Crippen LogP contribution in [0, 0.1) is 12.8 Å².